The third-order valence-corrected chi connectivity index (χ3v) is 2.40. The number of aromatic nitrogens is 1. The van der Waals surface area contributed by atoms with Crippen molar-refractivity contribution in [3.8, 4) is 0 Å². The molecule has 0 radical (unpaired) electrons. The molecule has 20 heavy (non-hydrogen) atoms. The van der Waals surface area contributed by atoms with Gasteiger partial charge in [-0.1, -0.05) is 0 Å². The highest BCUT2D eigenvalue weighted by Crippen LogP contribution is 2.08. The number of hydrogen-bond acceptors (Lipinski definition) is 6. The van der Waals surface area contributed by atoms with Crippen LogP contribution in [0.2, 0.25) is 0 Å². The summed E-state index contributed by atoms with van der Waals surface area (Å²) >= 11 is 0. The van der Waals surface area contributed by atoms with Gasteiger partial charge in [-0.3, -0.25) is 19.7 Å². The molecule has 0 fully saturated rings. The van der Waals surface area contributed by atoms with Gasteiger partial charge in [-0.15, -0.1) is 0 Å². The number of carboxylic acid groups (broad SMARTS) is 1. The highest BCUT2D eigenvalue weighted by atomic mass is 16.6. The molecule has 1 aromatic heterocycles. The number of nitrogens with one attached hydrogen (secondary N) is 2. The Morgan fingerprint density at radius 3 is 2.65 bits per heavy atom. The second kappa shape index (κ2) is 5.48. The minimum absolute atomic E-state index is 0.500. The normalized spacial score (nSPS) is 13.3. The minimum Gasteiger partial charge on any atom is -0.479 e. The number of H-pyrrole nitrogens is 1. The quantitative estimate of drug-likeness (QED) is 0.392. The van der Waals surface area contributed by atoms with Crippen molar-refractivity contribution < 1.29 is 24.7 Å². The molecular weight excluding hydrogens is 274 g/mol. The number of aromatic amines is 1. The first-order valence-corrected chi connectivity index (χ1v) is 5.26. The number of amides is 1. The Hall–Kier alpha value is -2.75. The van der Waals surface area contributed by atoms with Gasteiger partial charge in [-0.25, -0.2) is 4.79 Å². The van der Waals surface area contributed by atoms with Crippen molar-refractivity contribution >= 4 is 17.6 Å². The fourth-order valence-corrected chi connectivity index (χ4v) is 1.17. The molecule has 10 nitrogen and oxygen atoms in total. The van der Waals surface area contributed by atoms with Gasteiger partial charge in [0, 0.05) is 6.07 Å². The smallest absolute Gasteiger partial charge is 0.337 e. The Morgan fingerprint density at radius 2 is 2.15 bits per heavy atom. The highest BCUT2D eigenvalue weighted by molar-refractivity contribution is 5.94. The zero-order valence-electron chi connectivity index (χ0n) is 10.2. The summed E-state index contributed by atoms with van der Waals surface area (Å²) in [6.07, 6.45) is 0.826. The average Bonchev–Trinajstić information content (AvgIpc) is 2.36. The SMILES string of the molecule is CC(O)(CNC(=O)c1cc([N+](=O)[O-])c[nH]c1=O)C(=O)O. The first-order chi connectivity index (χ1) is 9.15. The van der Waals surface area contributed by atoms with E-state index in [9.17, 15) is 29.6 Å². The summed E-state index contributed by atoms with van der Waals surface area (Å²) in [5.74, 6) is -2.60. The van der Waals surface area contributed by atoms with Crippen LogP contribution in [0.25, 0.3) is 0 Å². The largest absolute Gasteiger partial charge is 0.479 e. The predicted octanol–water partition coefficient (Wildman–Crippen LogP) is -1.15. The predicted molar refractivity (Wildman–Crippen MR) is 64.3 cm³/mol. The maximum atomic E-state index is 11.7. The summed E-state index contributed by atoms with van der Waals surface area (Å²) in [5, 5.41) is 30.6. The van der Waals surface area contributed by atoms with E-state index < -0.39 is 45.8 Å². The van der Waals surface area contributed by atoms with Crippen LogP contribution in [0, 0.1) is 10.1 Å². The molecule has 4 N–H and O–H groups in total. The number of carboxylic acids is 1. The molecule has 1 heterocycles. The summed E-state index contributed by atoms with van der Waals surface area (Å²) in [5.41, 5.74) is -4.15. The Kier molecular flexibility index (Phi) is 4.20. The second-order valence-corrected chi connectivity index (χ2v) is 4.12. The van der Waals surface area contributed by atoms with Crippen LogP contribution in [0.5, 0.6) is 0 Å². The average molecular weight is 285 g/mol. The standard InChI is InChI=1S/C10H11N3O7/c1-10(18,9(16)17)4-12-8(15)6-2-5(13(19)20)3-11-7(6)14/h2-3,18H,4H2,1H3,(H,11,14)(H,12,15)(H,16,17). The third-order valence-electron chi connectivity index (χ3n) is 2.40. The molecule has 0 aromatic carbocycles. The van der Waals surface area contributed by atoms with Crippen molar-refractivity contribution in [2.45, 2.75) is 12.5 Å². The van der Waals surface area contributed by atoms with Crippen molar-refractivity contribution in [2.24, 2.45) is 0 Å². The monoisotopic (exact) mass is 285 g/mol. The number of aliphatic carboxylic acids is 1. The zero-order chi connectivity index (χ0) is 15.5. The van der Waals surface area contributed by atoms with Gasteiger partial charge in [0.1, 0.15) is 5.56 Å². The van der Waals surface area contributed by atoms with E-state index in [0.29, 0.717) is 0 Å². The molecule has 10 heteroatoms. The number of rotatable bonds is 5. The molecule has 1 aromatic rings. The van der Waals surface area contributed by atoms with Crippen molar-refractivity contribution in [3.05, 3.63) is 38.3 Å². The number of pyridine rings is 1. The minimum atomic E-state index is -2.22. The van der Waals surface area contributed by atoms with E-state index in [-0.39, 0.29) is 0 Å². The molecule has 0 aliphatic rings. The molecular formula is C10H11N3O7. The lowest BCUT2D eigenvalue weighted by atomic mass is 10.1. The van der Waals surface area contributed by atoms with E-state index in [4.69, 9.17) is 5.11 Å². The van der Waals surface area contributed by atoms with Crippen LogP contribution in [0.4, 0.5) is 5.69 Å². The Balaban J connectivity index is 2.93. The fourth-order valence-electron chi connectivity index (χ4n) is 1.17. The molecule has 1 amide bonds. The van der Waals surface area contributed by atoms with Crippen LogP contribution in [0.1, 0.15) is 17.3 Å². The summed E-state index contributed by atoms with van der Waals surface area (Å²) in [7, 11) is 0. The first-order valence-electron chi connectivity index (χ1n) is 5.26. The Bertz CT molecular complexity index is 620. The van der Waals surface area contributed by atoms with Crippen LogP contribution >= 0.6 is 0 Å². The van der Waals surface area contributed by atoms with Gasteiger partial charge < -0.3 is 20.5 Å². The fraction of sp³-hybridized carbons (Fsp3) is 0.300. The van der Waals surface area contributed by atoms with Gasteiger partial charge in [-0.05, 0) is 6.92 Å². The number of aliphatic hydroxyl groups is 1. The van der Waals surface area contributed by atoms with E-state index in [2.05, 4.69) is 0 Å². The van der Waals surface area contributed by atoms with Crippen molar-refractivity contribution in [1.82, 2.24) is 10.3 Å². The second-order valence-electron chi connectivity index (χ2n) is 4.12. The number of carbonyl (C=O) groups excluding carboxylic acids is 1. The summed E-state index contributed by atoms with van der Waals surface area (Å²) in [4.78, 5) is 45.4. The topological polar surface area (TPSA) is 163 Å². The van der Waals surface area contributed by atoms with Crippen LogP contribution < -0.4 is 10.9 Å². The molecule has 108 valence electrons. The van der Waals surface area contributed by atoms with E-state index >= 15 is 0 Å². The molecule has 0 saturated heterocycles. The zero-order valence-corrected chi connectivity index (χ0v) is 10.2. The molecule has 0 spiro atoms. The molecule has 1 atom stereocenters. The van der Waals surface area contributed by atoms with Crippen LogP contribution in [-0.2, 0) is 4.79 Å². The van der Waals surface area contributed by atoms with Crippen LogP contribution in [0.3, 0.4) is 0 Å². The summed E-state index contributed by atoms with van der Waals surface area (Å²) < 4.78 is 0. The lowest BCUT2D eigenvalue weighted by Gasteiger charge is -2.17. The van der Waals surface area contributed by atoms with Gasteiger partial charge in [-0.2, -0.15) is 0 Å². The Morgan fingerprint density at radius 1 is 1.55 bits per heavy atom. The van der Waals surface area contributed by atoms with Crippen LogP contribution in [-0.4, -0.2) is 44.1 Å². The van der Waals surface area contributed by atoms with Gasteiger partial charge in [0.05, 0.1) is 17.7 Å². The molecule has 0 aliphatic heterocycles. The summed E-state index contributed by atoms with van der Waals surface area (Å²) in [6.45, 7) is 0.288. The van der Waals surface area contributed by atoms with Gasteiger partial charge in [0.2, 0.25) is 0 Å². The van der Waals surface area contributed by atoms with Crippen LogP contribution in [0.15, 0.2) is 17.1 Å². The molecule has 0 aliphatic carbocycles. The number of carbonyl (C=O) groups is 2. The van der Waals surface area contributed by atoms with Crippen molar-refractivity contribution in [2.75, 3.05) is 6.54 Å². The lowest BCUT2D eigenvalue weighted by Crippen LogP contribution is -2.47. The number of nitrogens with zero attached hydrogens (tertiary/aromatic N) is 1. The van der Waals surface area contributed by atoms with E-state index in [1.54, 1.807) is 0 Å². The highest BCUT2D eigenvalue weighted by Gasteiger charge is 2.30. The molecule has 1 rings (SSSR count). The first kappa shape index (κ1) is 15.3. The lowest BCUT2D eigenvalue weighted by molar-refractivity contribution is -0.385. The maximum absolute atomic E-state index is 11.7. The van der Waals surface area contributed by atoms with E-state index in [1.165, 1.54) is 0 Å². The number of nitro groups is 1. The van der Waals surface area contributed by atoms with Crippen molar-refractivity contribution in [3.63, 3.8) is 0 Å². The molecule has 0 saturated carbocycles. The Labute approximate surface area is 111 Å². The third kappa shape index (κ3) is 3.38. The molecule has 1 unspecified atom stereocenters. The van der Waals surface area contributed by atoms with Crippen molar-refractivity contribution in [1.29, 1.82) is 0 Å². The van der Waals surface area contributed by atoms with Gasteiger partial charge in [0.25, 0.3) is 17.2 Å². The van der Waals surface area contributed by atoms with E-state index in [1.807, 2.05) is 10.3 Å². The summed E-state index contributed by atoms with van der Waals surface area (Å²) in [6, 6.07) is 0.754. The van der Waals surface area contributed by atoms with Gasteiger partial charge >= 0.3 is 5.97 Å². The molecule has 0 bridgehead atoms. The van der Waals surface area contributed by atoms with E-state index in [0.717, 1.165) is 19.2 Å². The van der Waals surface area contributed by atoms with Gasteiger partial charge in [0.15, 0.2) is 5.60 Å². The number of hydrogen-bond donors (Lipinski definition) is 4. The maximum Gasteiger partial charge on any atom is 0.337 e.